The van der Waals surface area contributed by atoms with E-state index in [1.54, 1.807) is 14.2 Å². The fourth-order valence-corrected chi connectivity index (χ4v) is 4.91. The molecule has 0 radical (unpaired) electrons. The Morgan fingerprint density at radius 1 is 1.09 bits per heavy atom. The van der Waals surface area contributed by atoms with Crippen molar-refractivity contribution in [3.05, 3.63) is 59.2 Å². The van der Waals surface area contributed by atoms with Crippen LogP contribution in [0.5, 0.6) is 17.2 Å². The molecule has 0 aromatic heterocycles. The third kappa shape index (κ3) is 5.84. The maximum atomic E-state index is 6.02. The number of ether oxygens (including phenoxy) is 3. The van der Waals surface area contributed by atoms with Crippen molar-refractivity contribution in [1.82, 2.24) is 9.80 Å². The number of nitrogens with zero attached hydrogens (tertiary/aromatic N) is 2. The van der Waals surface area contributed by atoms with E-state index in [1.165, 1.54) is 37.1 Å². The van der Waals surface area contributed by atoms with Crippen LogP contribution in [0.25, 0.3) is 6.08 Å². The van der Waals surface area contributed by atoms with Crippen LogP contribution in [-0.4, -0.2) is 70.4 Å². The highest BCUT2D eigenvalue weighted by Gasteiger charge is 2.22. The summed E-state index contributed by atoms with van der Waals surface area (Å²) >= 11 is 0. The zero-order chi connectivity index (χ0) is 22.3. The number of methoxy groups -OCH3 is 2. The highest BCUT2D eigenvalue weighted by molar-refractivity contribution is 5.66. The number of hydrogen-bond acceptors (Lipinski definition) is 5. The van der Waals surface area contributed by atoms with Crippen molar-refractivity contribution in [2.75, 3.05) is 60.6 Å². The molecule has 1 atom stereocenters. The van der Waals surface area contributed by atoms with Crippen LogP contribution in [0.4, 0.5) is 0 Å². The first-order valence-electron chi connectivity index (χ1n) is 11.7. The molecule has 32 heavy (non-hydrogen) atoms. The fraction of sp³-hybridized carbons (Fsp3) is 0.481. The Bertz CT molecular complexity index is 910. The first kappa shape index (κ1) is 22.7. The topological polar surface area (TPSA) is 34.2 Å². The summed E-state index contributed by atoms with van der Waals surface area (Å²) < 4.78 is 16.7. The summed E-state index contributed by atoms with van der Waals surface area (Å²) in [6, 6.07) is 14.5. The van der Waals surface area contributed by atoms with Gasteiger partial charge in [-0.2, -0.15) is 0 Å². The van der Waals surface area contributed by atoms with E-state index in [4.69, 9.17) is 14.2 Å². The van der Waals surface area contributed by atoms with Gasteiger partial charge >= 0.3 is 0 Å². The van der Waals surface area contributed by atoms with Gasteiger partial charge < -0.3 is 24.0 Å². The molecule has 0 saturated carbocycles. The van der Waals surface area contributed by atoms with E-state index in [-0.39, 0.29) is 0 Å². The molecule has 172 valence electrons. The van der Waals surface area contributed by atoms with Crippen LogP contribution >= 0.6 is 0 Å². The van der Waals surface area contributed by atoms with Gasteiger partial charge in [-0.3, -0.25) is 0 Å². The third-order valence-corrected chi connectivity index (χ3v) is 6.51. The highest BCUT2D eigenvalue weighted by Crippen LogP contribution is 2.35. The summed E-state index contributed by atoms with van der Waals surface area (Å²) in [6.45, 7) is 6.24. The Morgan fingerprint density at radius 2 is 1.94 bits per heavy atom. The second-order valence-electron chi connectivity index (χ2n) is 9.07. The number of rotatable bonds is 9. The molecule has 0 N–H and O–H groups in total. The normalized spacial score (nSPS) is 18.6. The predicted molar refractivity (Wildman–Crippen MR) is 130 cm³/mol. The maximum Gasteiger partial charge on any atom is 0.168 e. The van der Waals surface area contributed by atoms with Gasteiger partial charge in [0.1, 0.15) is 12.4 Å². The van der Waals surface area contributed by atoms with Gasteiger partial charge in [0.25, 0.3) is 0 Å². The maximum absolute atomic E-state index is 6.02. The van der Waals surface area contributed by atoms with Crippen LogP contribution in [0.15, 0.2) is 48.0 Å². The lowest BCUT2D eigenvalue weighted by Crippen LogP contribution is -2.41. The highest BCUT2D eigenvalue weighted by atomic mass is 16.5. The molecular formula is C27H36N2O3. The number of para-hydroxylation sites is 1. The average Bonchev–Trinajstić information content (AvgIpc) is 2.82. The van der Waals surface area contributed by atoms with E-state index >= 15 is 0 Å². The van der Waals surface area contributed by atoms with Gasteiger partial charge in [-0.15, -0.1) is 0 Å². The van der Waals surface area contributed by atoms with Crippen LogP contribution in [0, 0.1) is 5.92 Å². The van der Waals surface area contributed by atoms with E-state index in [1.807, 2.05) is 12.1 Å². The Hall–Kier alpha value is -2.50. The van der Waals surface area contributed by atoms with E-state index < -0.39 is 0 Å². The van der Waals surface area contributed by atoms with Gasteiger partial charge in [-0.05, 0) is 74.2 Å². The largest absolute Gasteiger partial charge is 0.497 e. The predicted octanol–water partition coefficient (Wildman–Crippen LogP) is 4.37. The molecule has 2 aromatic rings. The molecular weight excluding hydrogens is 400 g/mol. The Kier molecular flexibility index (Phi) is 7.72. The SMILES string of the molecule is COc1ccc(CCN2CCCC(CN(C)CC3=Cc4cccc(OC)c4OC3)C2)cc1. The lowest BCUT2D eigenvalue weighted by Gasteiger charge is -2.35. The molecule has 0 spiro atoms. The summed E-state index contributed by atoms with van der Waals surface area (Å²) in [6.07, 6.45) is 5.97. The number of likely N-dealkylation sites (N-methyl/N-ethyl adjacent to an activating group) is 1. The molecule has 2 aliphatic heterocycles. The second kappa shape index (κ2) is 10.9. The van der Waals surface area contributed by atoms with Crippen molar-refractivity contribution in [3.63, 3.8) is 0 Å². The molecule has 5 heteroatoms. The summed E-state index contributed by atoms with van der Waals surface area (Å²) in [5.74, 6) is 3.32. The minimum absolute atomic E-state index is 0.635. The molecule has 1 unspecified atom stereocenters. The summed E-state index contributed by atoms with van der Waals surface area (Å²) in [7, 11) is 5.64. The number of piperidine rings is 1. The number of hydrogen-bond donors (Lipinski definition) is 0. The minimum atomic E-state index is 0.635. The Labute approximate surface area is 192 Å². The lowest BCUT2D eigenvalue weighted by molar-refractivity contribution is 0.146. The average molecular weight is 437 g/mol. The van der Waals surface area contributed by atoms with Crippen molar-refractivity contribution in [2.24, 2.45) is 5.92 Å². The number of fused-ring (bicyclic) bond motifs is 1. The van der Waals surface area contributed by atoms with Crippen LogP contribution in [0.3, 0.4) is 0 Å². The zero-order valence-corrected chi connectivity index (χ0v) is 19.7. The third-order valence-electron chi connectivity index (χ3n) is 6.51. The smallest absolute Gasteiger partial charge is 0.168 e. The molecule has 1 fully saturated rings. The first-order valence-corrected chi connectivity index (χ1v) is 11.7. The molecule has 2 heterocycles. The van der Waals surface area contributed by atoms with Gasteiger partial charge in [0.15, 0.2) is 11.5 Å². The van der Waals surface area contributed by atoms with Crippen molar-refractivity contribution < 1.29 is 14.2 Å². The van der Waals surface area contributed by atoms with Gasteiger partial charge in [0.05, 0.1) is 14.2 Å². The molecule has 1 saturated heterocycles. The number of likely N-dealkylation sites (tertiary alicyclic amines) is 1. The summed E-state index contributed by atoms with van der Waals surface area (Å²) in [5, 5.41) is 0. The van der Waals surface area contributed by atoms with Crippen LogP contribution < -0.4 is 14.2 Å². The molecule has 4 rings (SSSR count). The van der Waals surface area contributed by atoms with Crippen molar-refractivity contribution >= 4 is 6.08 Å². The van der Waals surface area contributed by atoms with Gasteiger partial charge in [-0.1, -0.05) is 24.3 Å². The second-order valence-corrected chi connectivity index (χ2v) is 9.07. The van der Waals surface area contributed by atoms with Gasteiger partial charge in [0, 0.05) is 31.7 Å². The Morgan fingerprint density at radius 3 is 2.72 bits per heavy atom. The molecule has 0 aliphatic carbocycles. The van der Waals surface area contributed by atoms with E-state index in [0.717, 1.165) is 54.8 Å². The van der Waals surface area contributed by atoms with Crippen LogP contribution in [0.1, 0.15) is 24.0 Å². The monoisotopic (exact) mass is 436 g/mol. The number of benzene rings is 2. The van der Waals surface area contributed by atoms with Gasteiger partial charge in [-0.25, -0.2) is 0 Å². The molecule has 0 amide bonds. The lowest BCUT2D eigenvalue weighted by atomic mass is 9.96. The Balaban J connectivity index is 1.26. The molecule has 0 bridgehead atoms. The minimum Gasteiger partial charge on any atom is -0.497 e. The fourth-order valence-electron chi connectivity index (χ4n) is 4.91. The zero-order valence-electron chi connectivity index (χ0n) is 19.7. The molecule has 2 aliphatic rings. The molecule has 5 nitrogen and oxygen atoms in total. The van der Waals surface area contributed by atoms with E-state index in [2.05, 4.69) is 53.3 Å². The quantitative estimate of drug-likeness (QED) is 0.583. The summed E-state index contributed by atoms with van der Waals surface area (Å²) in [5.41, 5.74) is 3.81. The standard InChI is InChI=1S/C27H36N2O3/c1-28(18-23-16-24-7-4-8-26(31-3)27(24)32-20-23)17-22-6-5-14-29(19-22)15-13-21-9-11-25(30-2)12-10-21/h4,7-12,16,22H,5-6,13-15,17-20H2,1-3H3. The van der Waals surface area contributed by atoms with Gasteiger partial charge in [0.2, 0.25) is 0 Å². The van der Waals surface area contributed by atoms with Crippen molar-refractivity contribution in [3.8, 4) is 17.2 Å². The van der Waals surface area contributed by atoms with Crippen LogP contribution in [0.2, 0.25) is 0 Å². The first-order chi connectivity index (χ1) is 15.6. The van der Waals surface area contributed by atoms with Crippen molar-refractivity contribution in [2.45, 2.75) is 19.3 Å². The summed E-state index contributed by atoms with van der Waals surface area (Å²) in [4.78, 5) is 5.09. The van der Waals surface area contributed by atoms with E-state index in [9.17, 15) is 0 Å². The molecule has 2 aromatic carbocycles. The van der Waals surface area contributed by atoms with Crippen LogP contribution in [-0.2, 0) is 6.42 Å². The van der Waals surface area contributed by atoms with Crippen molar-refractivity contribution in [1.29, 1.82) is 0 Å². The van der Waals surface area contributed by atoms with E-state index in [0.29, 0.717) is 6.61 Å².